The molecule has 1 N–H and O–H groups in total. The first kappa shape index (κ1) is 27.2. The third-order valence-corrected chi connectivity index (χ3v) is 7.56. The average Bonchev–Trinajstić information content (AvgIpc) is 3.11. The highest BCUT2D eigenvalue weighted by atomic mass is 127. The van der Waals surface area contributed by atoms with E-state index in [1.807, 2.05) is 55.5 Å². The predicted octanol–water partition coefficient (Wildman–Crippen LogP) is 6.62. The van der Waals surface area contributed by atoms with Crippen LogP contribution in [-0.2, 0) is 16.1 Å². The number of aryl methyl sites for hydroxylation is 1. The number of hydrogen-bond donors (Lipinski definition) is 1. The number of carbonyl (C=O) groups excluding carboxylic acids is 3. The van der Waals surface area contributed by atoms with Gasteiger partial charge in [0.15, 0.2) is 18.1 Å². The van der Waals surface area contributed by atoms with Crippen LogP contribution in [0.4, 0.5) is 10.5 Å². The predicted molar refractivity (Wildman–Crippen MR) is 157 cm³/mol. The topological polar surface area (TPSA) is 84.9 Å². The first-order chi connectivity index (χ1) is 17.7. The molecule has 3 aromatic carbocycles. The van der Waals surface area contributed by atoms with Gasteiger partial charge in [0.2, 0.25) is 0 Å². The fourth-order valence-corrected chi connectivity index (χ4v) is 5.46. The number of rotatable bonds is 8. The molecule has 10 heteroatoms. The molecule has 0 aromatic heterocycles. The zero-order chi connectivity index (χ0) is 26.5. The number of methoxy groups -OCH3 is 1. The lowest BCUT2D eigenvalue weighted by Gasteiger charge is -2.14. The first-order valence-electron chi connectivity index (χ1n) is 11.1. The zero-order valence-electron chi connectivity index (χ0n) is 19.9. The maximum absolute atomic E-state index is 13.0. The van der Waals surface area contributed by atoms with Crippen molar-refractivity contribution in [1.82, 2.24) is 4.90 Å². The molecule has 0 spiro atoms. The number of imide groups is 1. The van der Waals surface area contributed by atoms with Crippen molar-refractivity contribution in [3.8, 4) is 11.5 Å². The molecule has 0 radical (unpaired) electrons. The van der Waals surface area contributed by atoms with Gasteiger partial charge in [-0.1, -0.05) is 40.2 Å². The van der Waals surface area contributed by atoms with Crippen LogP contribution in [0.1, 0.15) is 16.7 Å². The highest BCUT2D eigenvalue weighted by Gasteiger charge is 2.35. The van der Waals surface area contributed by atoms with E-state index in [9.17, 15) is 14.4 Å². The van der Waals surface area contributed by atoms with E-state index < -0.39 is 0 Å². The van der Waals surface area contributed by atoms with Gasteiger partial charge in [0.25, 0.3) is 17.1 Å². The molecule has 7 nitrogen and oxygen atoms in total. The van der Waals surface area contributed by atoms with Crippen LogP contribution in [0.15, 0.2) is 70.0 Å². The van der Waals surface area contributed by atoms with Gasteiger partial charge in [0, 0.05) is 10.2 Å². The molecule has 37 heavy (non-hydrogen) atoms. The monoisotopic (exact) mass is 692 g/mol. The summed E-state index contributed by atoms with van der Waals surface area (Å²) in [5.41, 5.74) is 3.26. The molecule has 1 fully saturated rings. The van der Waals surface area contributed by atoms with Crippen molar-refractivity contribution in [1.29, 1.82) is 0 Å². The van der Waals surface area contributed by atoms with Crippen LogP contribution < -0.4 is 14.8 Å². The van der Waals surface area contributed by atoms with E-state index in [-0.39, 0.29) is 30.2 Å². The molecule has 190 valence electrons. The second kappa shape index (κ2) is 12.1. The van der Waals surface area contributed by atoms with Crippen molar-refractivity contribution < 1.29 is 23.9 Å². The van der Waals surface area contributed by atoms with Gasteiger partial charge in [0.1, 0.15) is 0 Å². The van der Waals surface area contributed by atoms with Crippen LogP contribution in [0, 0.1) is 10.5 Å². The second-order valence-electron chi connectivity index (χ2n) is 8.13. The molecule has 0 saturated carbocycles. The van der Waals surface area contributed by atoms with Gasteiger partial charge in [-0.15, -0.1) is 0 Å². The van der Waals surface area contributed by atoms with Gasteiger partial charge in [-0.25, -0.2) is 0 Å². The Balaban J connectivity index is 1.46. The van der Waals surface area contributed by atoms with Crippen LogP contribution in [0.25, 0.3) is 6.08 Å². The lowest BCUT2D eigenvalue weighted by atomic mass is 10.1. The normalized spacial score (nSPS) is 14.3. The third kappa shape index (κ3) is 6.93. The van der Waals surface area contributed by atoms with Crippen molar-refractivity contribution >= 4 is 79.1 Å². The third-order valence-electron chi connectivity index (χ3n) is 5.33. The van der Waals surface area contributed by atoms with Crippen LogP contribution in [-0.4, -0.2) is 35.7 Å². The van der Waals surface area contributed by atoms with Crippen molar-refractivity contribution in [3.05, 3.63) is 90.3 Å². The van der Waals surface area contributed by atoms with Crippen LogP contribution >= 0.6 is 50.3 Å². The summed E-state index contributed by atoms with van der Waals surface area (Å²) in [7, 11) is 1.50. The largest absolute Gasteiger partial charge is 0.493 e. The fraction of sp³-hybridized carbons (Fsp3) is 0.148. The van der Waals surface area contributed by atoms with E-state index >= 15 is 0 Å². The van der Waals surface area contributed by atoms with E-state index in [1.165, 1.54) is 12.0 Å². The Hall–Kier alpha value is -2.83. The van der Waals surface area contributed by atoms with Crippen molar-refractivity contribution in [2.75, 3.05) is 19.0 Å². The molecule has 1 aliphatic heterocycles. The zero-order valence-corrected chi connectivity index (χ0v) is 24.5. The number of ether oxygens (including phenoxy) is 2. The number of thioether (sulfide) groups is 1. The Labute approximate surface area is 240 Å². The molecular weight excluding hydrogens is 671 g/mol. The maximum atomic E-state index is 13.0. The summed E-state index contributed by atoms with van der Waals surface area (Å²) >= 11 is 6.37. The standard InChI is InChI=1S/C27H22BrIN2O5S/c1-16-4-3-5-20(10-16)30-24(32)15-36-25-21(29)11-18(12-22(25)35-2)13-23-26(33)31(27(34)37-23)14-17-6-8-19(28)9-7-17/h3-13H,14-15H2,1-2H3,(H,30,32)/b23-13-. The van der Waals surface area contributed by atoms with E-state index in [0.717, 1.165) is 27.4 Å². The summed E-state index contributed by atoms with van der Waals surface area (Å²) in [6, 6.07) is 18.5. The molecule has 0 bridgehead atoms. The first-order valence-corrected chi connectivity index (χ1v) is 13.8. The van der Waals surface area contributed by atoms with E-state index in [2.05, 4.69) is 43.8 Å². The molecule has 0 atom stereocenters. The minimum atomic E-state index is -0.347. The van der Waals surface area contributed by atoms with Crippen LogP contribution in [0.5, 0.6) is 11.5 Å². The summed E-state index contributed by atoms with van der Waals surface area (Å²) in [4.78, 5) is 39.4. The Morgan fingerprint density at radius 1 is 1.14 bits per heavy atom. The van der Waals surface area contributed by atoms with E-state index in [4.69, 9.17) is 9.47 Å². The van der Waals surface area contributed by atoms with Gasteiger partial charge in [-0.3, -0.25) is 19.3 Å². The Kier molecular flexibility index (Phi) is 8.93. The lowest BCUT2D eigenvalue weighted by molar-refractivity contribution is -0.123. The molecule has 3 aromatic rings. The highest BCUT2D eigenvalue weighted by Crippen LogP contribution is 2.37. The SMILES string of the molecule is COc1cc(/C=C2\SC(=O)N(Cc3ccc(Br)cc3)C2=O)cc(I)c1OCC(=O)Nc1cccc(C)c1. The summed E-state index contributed by atoms with van der Waals surface area (Å²) in [5, 5.41) is 2.49. The van der Waals surface area contributed by atoms with Gasteiger partial charge in [-0.2, -0.15) is 0 Å². The maximum Gasteiger partial charge on any atom is 0.293 e. The molecule has 3 amide bonds. The number of benzene rings is 3. The van der Waals surface area contributed by atoms with Gasteiger partial charge in [-0.05, 0) is 100 Å². The second-order valence-corrected chi connectivity index (χ2v) is 11.2. The van der Waals surface area contributed by atoms with E-state index in [1.54, 1.807) is 18.2 Å². The van der Waals surface area contributed by atoms with Gasteiger partial charge in [0.05, 0.1) is 22.1 Å². The number of carbonyl (C=O) groups is 3. The van der Waals surface area contributed by atoms with E-state index in [0.29, 0.717) is 31.2 Å². The number of hydrogen-bond acceptors (Lipinski definition) is 6. The van der Waals surface area contributed by atoms with Crippen molar-refractivity contribution in [3.63, 3.8) is 0 Å². The van der Waals surface area contributed by atoms with Crippen LogP contribution in [0.2, 0.25) is 0 Å². The molecule has 0 unspecified atom stereocenters. The van der Waals surface area contributed by atoms with Crippen LogP contribution in [0.3, 0.4) is 0 Å². The quantitative estimate of drug-likeness (QED) is 0.211. The minimum absolute atomic E-state index is 0.200. The molecule has 4 rings (SSSR count). The average molecular weight is 693 g/mol. The number of nitrogens with zero attached hydrogens (tertiary/aromatic N) is 1. The van der Waals surface area contributed by atoms with Gasteiger partial charge < -0.3 is 14.8 Å². The number of amides is 3. The molecular formula is C27H22BrIN2O5S. The minimum Gasteiger partial charge on any atom is -0.493 e. The number of nitrogens with one attached hydrogen (secondary N) is 1. The molecule has 1 heterocycles. The summed E-state index contributed by atoms with van der Waals surface area (Å²) < 4.78 is 12.9. The lowest BCUT2D eigenvalue weighted by Crippen LogP contribution is -2.27. The fourth-order valence-electron chi connectivity index (χ4n) is 3.58. The Bertz CT molecular complexity index is 1390. The molecule has 1 aliphatic rings. The summed E-state index contributed by atoms with van der Waals surface area (Å²) in [6.45, 7) is 1.95. The number of halogens is 2. The highest BCUT2D eigenvalue weighted by molar-refractivity contribution is 14.1. The Morgan fingerprint density at radius 2 is 1.89 bits per heavy atom. The molecule has 1 saturated heterocycles. The summed E-state index contributed by atoms with van der Waals surface area (Å²) in [5.74, 6) is 0.186. The summed E-state index contributed by atoms with van der Waals surface area (Å²) in [6.07, 6.45) is 1.66. The number of anilines is 1. The molecule has 0 aliphatic carbocycles. The van der Waals surface area contributed by atoms with Crippen molar-refractivity contribution in [2.45, 2.75) is 13.5 Å². The Morgan fingerprint density at radius 3 is 2.59 bits per heavy atom. The van der Waals surface area contributed by atoms with Gasteiger partial charge >= 0.3 is 0 Å². The smallest absolute Gasteiger partial charge is 0.293 e. The van der Waals surface area contributed by atoms with Crippen molar-refractivity contribution in [2.24, 2.45) is 0 Å².